The van der Waals surface area contributed by atoms with Crippen molar-refractivity contribution >= 4 is 0 Å². The van der Waals surface area contributed by atoms with E-state index in [1.165, 1.54) is 11.1 Å². The second-order valence-electron chi connectivity index (χ2n) is 5.97. The maximum Gasteiger partial charge on any atom is 0.104 e. The topological polar surface area (TPSA) is 12.0 Å². The summed E-state index contributed by atoms with van der Waals surface area (Å²) in [6.45, 7) is 4.19. The molecule has 106 valence electrons. The average Bonchev–Trinajstić information content (AvgIpc) is 2.45. The summed E-state index contributed by atoms with van der Waals surface area (Å²) >= 11 is 0. The van der Waals surface area contributed by atoms with E-state index in [0.29, 0.717) is 0 Å². The minimum atomic E-state index is 0.951. The van der Waals surface area contributed by atoms with Crippen LogP contribution in [0.15, 0.2) is 60.7 Å². The Morgan fingerprint density at radius 3 is 1.95 bits per heavy atom. The van der Waals surface area contributed by atoms with Gasteiger partial charge in [0.05, 0.1) is 20.6 Å². The van der Waals surface area contributed by atoms with E-state index < -0.39 is 0 Å². The zero-order chi connectivity index (χ0) is 14.3. The first-order chi connectivity index (χ1) is 9.66. The number of quaternary nitrogens is 1. The number of likely N-dealkylation sites (N-methyl/N-ethyl adjacent to an activating group) is 1. The average molecular weight is 269 g/mol. The third kappa shape index (κ3) is 5.16. The summed E-state index contributed by atoms with van der Waals surface area (Å²) in [5, 5.41) is 3.53. The molecule has 0 heterocycles. The fraction of sp³-hybridized carbons (Fsp3) is 0.333. The Kier molecular flexibility index (Phi) is 5.33. The van der Waals surface area contributed by atoms with Crippen LogP contribution in [-0.2, 0) is 13.1 Å². The van der Waals surface area contributed by atoms with Crippen molar-refractivity contribution in [1.82, 2.24) is 5.32 Å². The zero-order valence-corrected chi connectivity index (χ0v) is 12.5. The van der Waals surface area contributed by atoms with Gasteiger partial charge in [-0.3, -0.25) is 0 Å². The Balaban J connectivity index is 1.72. The van der Waals surface area contributed by atoms with Crippen LogP contribution in [-0.4, -0.2) is 31.7 Å². The first-order valence-corrected chi connectivity index (χ1v) is 7.26. The molecule has 0 bridgehead atoms. The minimum absolute atomic E-state index is 0.951. The third-order valence-corrected chi connectivity index (χ3v) is 3.52. The molecule has 20 heavy (non-hydrogen) atoms. The highest BCUT2D eigenvalue weighted by molar-refractivity contribution is 5.14. The molecule has 0 aliphatic rings. The lowest BCUT2D eigenvalue weighted by Crippen LogP contribution is -2.43. The van der Waals surface area contributed by atoms with E-state index in [4.69, 9.17) is 0 Å². The molecule has 1 N–H and O–H groups in total. The van der Waals surface area contributed by atoms with Crippen molar-refractivity contribution in [1.29, 1.82) is 0 Å². The summed E-state index contributed by atoms with van der Waals surface area (Å²) < 4.78 is 1.01. The second-order valence-corrected chi connectivity index (χ2v) is 5.97. The van der Waals surface area contributed by atoms with Crippen LogP contribution in [0.1, 0.15) is 11.1 Å². The van der Waals surface area contributed by atoms with Gasteiger partial charge in [0.15, 0.2) is 0 Å². The molecule has 2 aromatic carbocycles. The predicted octanol–water partition coefficient (Wildman–Crippen LogP) is 3.05. The lowest BCUT2D eigenvalue weighted by atomic mass is 10.2. The standard InChI is InChI=1S/C18H25N2/c1-20(2,16-18-11-7-4-8-12-18)14-13-19-15-17-9-5-3-6-10-17/h3-12,19H,13-16H2,1-2H3/q+1. The van der Waals surface area contributed by atoms with E-state index in [2.05, 4.69) is 80.1 Å². The normalized spacial score (nSPS) is 11.5. The minimum Gasteiger partial charge on any atom is -0.324 e. The summed E-state index contributed by atoms with van der Waals surface area (Å²) in [7, 11) is 4.58. The first kappa shape index (κ1) is 14.8. The molecular formula is C18H25N2+. The van der Waals surface area contributed by atoms with Gasteiger partial charge in [0.1, 0.15) is 6.54 Å². The molecule has 0 saturated heterocycles. The smallest absolute Gasteiger partial charge is 0.104 e. The number of hydrogen-bond acceptors (Lipinski definition) is 1. The van der Waals surface area contributed by atoms with Crippen LogP contribution in [0.4, 0.5) is 0 Å². The summed E-state index contributed by atoms with van der Waals surface area (Å²) in [6.07, 6.45) is 0. The van der Waals surface area contributed by atoms with Gasteiger partial charge in [-0.25, -0.2) is 0 Å². The quantitative estimate of drug-likeness (QED) is 0.602. The molecule has 0 unspecified atom stereocenters. The van der Waals surface area contributed by atoms with Crippen molar-refractivity contribution in [3.63, 3.8) is 0 Å². The Morgan fingerprint density at radius 1 is 0.800 bits per heavy atom. The van der Waals surface area contributed by atoms with Crippen LogP contribution in [0.3, 0.4) is 0 Å². The Labute approximate surface area is 122 Å². The van der Waals surface area contributed by atoms with Gasteiger partial charge in [-0.1, -0.05) is 60.7 Å². The summed E-state index contributed by atoms with van der Waals surface area (Å²) in [4.78, 5) is 0. The molecule has 0 atom stereocenters. The van der Waals surface area contributed by atoms with Crippen LogP contribution in [0.2, 0.25) is 0 Å². The number of hydrogen-bond donors (Lipinski definition) is 1. The van der Waals surface area contributed by atoms with E-state index >= 15 is 0 Å². The number of rotatable bonds is 7. The van der Waals surface area contributed by atoms with E-state index in [9.17, 15) is 0 Å². The van der Waals surface area contributed by atoms with Gasteiger partial charge in [-0.15, -0.1) is 0 Å². The summed E-state index contributed by atoms with van der Waals surface area (Å²) in [5.74, 6) is 0. The largest absolute Gasteiger partial charge is 0.324 e. The molecule has 0 fully saturated rings. The highest BCUT2D eigenvalue weighted by Crippen LogP contribution is 2.08. The zero-order valence-electron chi connectivity index (χ0n) is 12.5. The second kappa shape index (κ2) is 7.22. The van der Waals surface area contributed by atoms with E-state index in [1.807, 2.05) is 0 Å². The maximum atomic E-state index is 3.53. The van der Waals surface area contributed by atoms with Crippen LogP contribution in [0.5, 0.6) is 0 Å². The van der Waals surface area contributed by atoms with Gasteiger partial charge in [-0.2, -0.15) is 0 Å². The Morgan fingerprint density at radius 2 is 1.35 bits per heavy atom. The van der Waals surface area contributed by atoms with Crippen molar-refractivity contribution in [2.45, 2.75) is 13.1 Å². The molecule has 0 aliphatic heterocycles. The lowest BCUT2D eigenvalue weighted by Gasteiger charge is -2.30. The highest BCUT2D eigenvalue weighted by atomic mass is 15.3. The van der Waals surface area contributed by atoms with Crippen LogP contribution in [0.25, 0.3) is 0 Å². The van der Waals surface area contributed by atoms with Gasteiger partial charge in [0.2, 0.25) is 0 Å². The van der Waals surface area contributed by atoms with Gasteiger partial charge < -0.3 is 9.80 Å². The Bertz CT molecular complexity index is 491. The highest BCUT2D eigenvalue weighted by Gasteiger charge is 2.14. The molecule has 0 aromatic heterocycles. The fourth-order valence-electron chi connectivity index (χ4n) is 2.37. The predicted molar refractivity (Wildman–Crippen MR) is 85.3 cm³/mol. The molecular weight excluding hydrogens is 244 g/mol. The van der Waals surface area contributed by atoms with Gasteiger partial charge in [0.25, 0.3) is 0 Å². The number of benzene rings is 2. The van der Waals surface area contributed by atoms with E-state index in [-0.39, 0.29) is 0 Å². The number of nitrogens with zero attached hydrogens (tertiary/aromatic N) is 1. The summed E-state index contributed by atoms with van der Waals surface area (Å²) in [6, 6.07) is 21.3. The van der Waals surface area contributed by atoms with Gasteiger partial charge >= 0.3 is 0 Å². The van der Waals surface area contributed by atoms with Crippen LogP contribution >= 0.6 is 0 Å². The number of nitrogens with one attached hydrogen (secondary N) is 1. The fourth-order valence-corrected chi connectivity index (χ4v) is 2.37. The molecule has 0 radical (unpaired) electrons. The molecule has 0 spiro atoms. The van der Waals surface area contributed by atoms with Gasteiger partial charge in [-0.05, 0) is 5.56 Å². The van der Waals surface area contributed by atoms with Gasteiger partial charge in [0, 0.05) is 18.7 Å². The lowest BCUT2D eigenvalue weighted by molar-refractivity contribution is -0.902. The SMILES string of the molecule is C[N+](C)(CCNCc1ccccc1)Cc1ccccc1. The molecule has 0 aliphatic carbocycles. The van der Waals surface area contributed by atoms with Crippen LogP contribution in [0, 0.1) is 0 Å². The van der Waals surface area contributed by atoms with Crippen LogP contribution < -0.4 is 5.32 Å². The molecule has 2 heteroatoms. The molecule has 2 nitrogen and oxygen atoms in total. The van der Waals surface area contributed by atoms with Crippen molar-refractivity contribution in [2.24, 2.45) is 0 Å². The molecule has 0 amide bonds. The molecule has 0 saturated carbocycles. The maximum absolute atomic E-state index is 3.53. The third-order valence-electron chi connectivity index (χ3n) is 3.52. The Hall–Kier alpha value is -1.64. The van der Waals surface area contributed by atoms with Crippen molar-refractivity contribution < 1.29 is 4.48 Å². The summed E-state index contributed by atoms with van der Waals surface area (Å²) in [5.41, 5.74) is 2.75. The van der Waals surface area contributed by atoms with E-state index in [1.54, 1.807) is 0 Å². The van der Waals surface area contributed by atoms with E-state index in [0.717, 1.165) is 30.7 Å². The first-order valence-electron chi connectivity index (χ1n) is 7.26. The van der Waals surface area contributed by atoms with Crippen molar-refractivity contribution in [3.8, 4) is 0 Å². The molecule has 2 rings (SSSR count). The molecule has 2 aromatic rings. The monoisotopic (exact) mass is 269 g/mol. The van der Waals surface area contributed by atoms with Crippen molar-refractivity contribution in [3.05, 3.63) is 71.8 Å². The van der Waals surface area contributed by atoms with Crippen molar-refractivity contribution in [2.75, 3.05) is 27.2 Å².